The van der Waals surface area contributed by atoms with Crippen LogP contribution in [0.4, 0.5) is 5.82 Å². The second kappa shape index (κ2) is 6.12. The molecule has 0 bridgehead atoms. The van der Waals surface area contributed by atoms with E-state index in [9.17, 15) is 5.11 Å². The first-order valence-electron chi connectivity index (χ1n) is 6.07. The maximum absolute atomic E-state index is 9.49. The summed E-state index contributed by atoms with van der Waals surface area (Å²) in [6.45, 7) is 2.05. The maximum atomic E-state index is 9.49. The number of nitrogens with one attached hydrogen (secondary N) is 1. The van der Waals surface area contributed by atoms with E-state index in [1.807, 2.05) is 37.3 Å². The fraction of sp³-hybridized carbons (Fsp3) is 0.286. The molecule has 1 aromatic carbocycles. The van der Waals surface area contributed by atoms with Crippen LogP contribution in [0.2, 0.25) is 0 Å². The number of hydrogen-bond donors (Lipinski definition) is 2. The average molecular weight is 243 g/mol. The highest BCUT2D eigenvalue weighted by Crippen LogP contribution is 2.19. The van der Waals surface area contributed by atoms with Gasteiger partial charge in [0.05, 0.1) is 18.3 Å². The Morgan fingerprint density at radius 2 is 1.89 bits per heavy atom. The van der Waals surface area contributed by atoms with E-state index in [0.717, 1.165) is 23.5 Å². The van der Waals surface area contributed by atoms with E-state index in [-0.39, 0.29) is 12.6 Å². The SMILES string of the molecule is CCc1nccnc1NC(CO)c1ccccc1. The van der Waals surface area contributed by atoms with Crippen LogP contribution in [-0.2, 0) is 6.42 Å². The number of hydrogen-bond acceptors (Lipinski definition) is 4. The number of rotatable bonds is 5. The van der Waals surface area contributed by atoms with Crippen LogP contribution >= 0.6 is 0 Å². The molecule has 1 aromatic heterocycles. The normalized spacial score (nSPS) is 12.1. The topological polar surface area (TPSA) is 58.0 Å². The zero-order valence-electron chi connectivity index (χ0n) is 10.4. The van der Waals surface area contributed by atoms with Gasteiger partial charge in [0.1, 0.15) is 5.82 Å². The molecule has 0 saturated carbocycles. The first kappa shape index (κ1) is 12.5. The smallest absolute Gasteiger partial charge is 0.148 e. The molecule has 0 amide bonds. The van der Waals surface area contributed by atoms with Gasteiger partial charge < -0.3 is 10.4 Å². The maximum Gasteiger partial charge on any atom is 0.148 e. The van der Waals surface area contributed by atoms with Crippen LogP contribution in [-0.4, -0.2) is 21.7 Å². The highest BCUT2D eigenvalue weighted by atomic mass is 16.3. The van der Waals surface area contributed by atoms with Crippen LogP contribution in [0, 0.1) is 0 Å². The van der Waals surface area contributed by atoms with Crippen molar-refractivity contribution in [3.8, 4) is 0 Å². The third-order valence-corrected chi connectivity index (χ3v) is 2.80. The second-order valence-electron chi connectivity index (χ2n) is 4.00. The molecule has 0 radical (unpaired) electrons. The number of aliphatic hydroxyl groups is 1. The molecule has 4 heteroatoms. The summed E-state index contributed by atoms with van der Waals surface area (Å²) in [5.41, 5.74) is 1.94. The van der Waals surface area contributed by atoms with Crippen molar-refractivity contribution in [1.82, 2.24) is 9.97 Å². The Bertz CT molecular complexity index is 487. The Balaban J connectivity index is 2.21. The minimum absolute atomic E-state index is 0.0176. The average Bonchev–Trinajstić information content (AvgIpc) is 2.46. The van der Waals surface area contributed by atoms with E-state index in [1.165, 1.54) is 0 Å². The van der Waals surface area contributed by atoms with Gasteiger partial charge in [0, 0.05) is 12.4 Å². The lowest BCUT2D eigenvalue weighted by molar-refractivity contribution is 0.276. The van der Waals surface area contributed by atoms with Crippen LogP contribution in [0.15, 0.2) is 42.7 Å². The molecule has 0 aliphatic rings. The molecule has 0 aliphatic carbocycles. The molecule has 1 unspecified atom stereocenters. The zero-order chi connectivity index (χ0) is 12.8. The van der Waals surface area contributed by atoms with Gasteiger partial charge in [-0.2, -0.15) is 0 Å². The first-order chi connectivity index (χ1) is 8.85. The number of nitrogens with zero attached hydrogens (tertiary/aromatic N) is 2. The Labute approximate surface area is 107 Å². The highest BCUT2D eigenvalue weighted by Gasteiger charge is 2.12. The van der Waals surface area contributed by atoms with Crippen LogP contribution in [0.25, 0.3) is 0 Å². The monoisotopic (exact) mass is 243 g/mol. The molecule has 0 aliphatic heterocycles. The molecule has 0 spiro atoms. The van der Waals surface area contributed by atoms with Crippen molar-refractivity contribution in [2.45, 2.75) is 19.4 Å². The summed E-state index contributed by atoms with van der Waals surface area (Å²) in [5, 5.41) is 12.7. The highest BCUT2D eigenvalue weighted by molar-refractivity contribution is 5.42. The summed E-state index contributed by atoms with van der Waals surface area (Å²) < 4.78 is 0. The lowest BCUT2D eigenvalue weighted by Gasteiger charge is -2.18. The van der Waals surface area contributed by atoms with Gasteiger partial charge in [-0.15, -0.1) is 0 Å². The van der Waals surface area contributed by atoms with Gasteiger partial charge in [0.15, 0.2) is 0 Å². The number of aromatic nitrogens is 2. The number of aryl methyl sites for hydroxylation is 1. The minimum Gasteiger partial charge on any atom is -0.394 e. The van der Waals surface area contributed by atoms with Crippen LogP contribution in [0.5, 0.6) is 0 Å². The lowest BCUT2D eigenvalue weighted by atomic mass is 10.1. The van der Waals surface area contributed by atoms with Gasteiger partial charge >= 0.3 is 0 Å². The van der Waals surface area contributed by atoms with Crippen molar-refractivity contribution >= 4 is 5.82 Å². The van der Waals surface area contributed by atoms with Crippen molar-refractivity contribution in [1.29, 1.82) is 0 Å². The summed E-state index contributed by atoms with van der Waals surface area (Å²) >= 11 is 0. The molecular weight excluding hydrogens is 226 g/mol. The van der Waals surface area contributed by atoms with Crippen LogP contribution in [0.1, 0.15) is 24.2 Å². The summed E-state index contributed by atoms with van der Waals surface area (Å²) in [5.74, 6) is 0.739. The molecule has 2 aromatic rings. The molecule has 18 heavy (non-hydrogen) atoms. The Kier molecular flexibility index (Phi) is 4.25. The molecule has 1 atom stereocenters. The van der Waals surface area contributed by atoms with Crippen molar-refractivity contribution in [3.05, 3.63) is 54.0 Å². The molecule has 4 nitrogen and oxygen atoms in total. The molecule has 2 N–H and O–H groups in total. The Hall–Kier alpha value is -1.94. The van der Waals surface area contributed by atoms with Gasteiger partial charge in [0.25, 0.3) is 0 Å². The third kappa shape index (κ3) is 2.84. The zero-order valence-corrected chi connectivity index (χ0v) is 10.4. The predicted octanol–water partition coefficient (Wildman–Crippen LogP) is 2.18. The summed E-state index contributed by atoms with van der Waals surface area (Å²) in [6, 6.07) is 9.67. The first-order valence-corrected chi connectivity index (χ1v) is 6.07. The van der Waals surface area contributed by atoms with Crippen molar-refractivity contribution in [2.75, 3.05) is 11.9 Å². The quantitative estimate of drug-likeness (QED) is 0.845. The van der Waals surface area contributed by atoms with Crippen molar-refractivity contribution in [3.63, 3.8) is 0 Å². The second-order valence-corrected chi connectivity index (χ2v) is 4.00. The number of aliphatic hydroxyl groups excluding tert-OH is 1. The van der Waals surface area contributed by atoms with Crippen molar-refractivity contribution < 1.29 is 5.11 Å². The van der Waals surface area contributed by atoms with Gasteiger partial charge in [-0.1, -0.05) is 37.3 Å². The summed E-state index contributed by atoms with van der Waals surface area (Å²) in [6.07, 6.45) is 4.14. The van der Waals surface area contributed by atoms with E-state index in [0.29, 0.717) is 0 Å². The Morgan fingerprint density at radius 1 is 1.17 bits per heavy atom. The lowest BCUT2D eigenvalue weighted by Crippen LogP contribution is -2.17. The van der Waals surface area contributed by atoms with E-state index in [4.69, 9.17) is 0 Å². The Morgan fingerprint density at radius 3 is 2.56 bits per heavy atom. The number of benzene rings is 1. The van der Waals surface area contributed by atoms with Crippen molar-refractivity contribution in [2.24, 2.45) is 0 Å². The standard InChI is InChI=1S/C14H17N3O/c1-2-12-14(16-9-8-15-12)17-13(10-18)11-6-4-3-5-7-11/h3-9,13,18H,2,10H2,1H3,(H,16,17). The van der Waals surface area contributed by atoms with Gasteiger partial charge in [0.2, 0.25) is 0 Å². The van der Waals surface area contributed by atoms with E-state index < -0.39 is 0 Å². The van der Waals surface area contributed by atoms with Gasteiger partial charge in [-0.25, -0.2) is 4.98 Å². The van der Waals surface area contributed by atoms with Crippen LogP contribution in [0.3, 0.4) is 0 Å². The van der Waals surface area contributed by atoms with E-state index >= 15 is 0 Å². The number of anilines is 1. The minimum atomic E-state index is -0.159. The summed E-state index contributed by atoms with van der Waals surface area (Å²) in [4.78, 5) is 8.55. The van der Waals surface area contributed by atoms with E-state index in [1.54, 1.807) is 12.4 Å². The summed E-state index contributed by atoms with van der Waals surface area (Å²) in [7, 11) is 0. The van der Waals surface area contributed by atoms with Gasteiger partial charge in [-0.05, 0) is 12.0 Å². The molecule has 2 rings (SSSR count). The predicted molar refractivity (Wildman–Crippen MR) is 71.3 cm³/mol. The third-order valence-electron chi connectivity index (χ3n) is 2.80. The molecule has 0 fully saturated rings. The molecule has 1 heterocycles. The van der Waals surface area contributed by atoms with Gasteiger partial charge in [-0.3, -0.25) is 4.98 Å². The molecule has 94 valence electrons. The fourth-order valence-corrected chi connectivity index (χ4v) is 1.83. The fourth-order valence-electron chi connectivity index (χ4n) is 1.83. The van der Waals surface area contributed by atoms with Crippen LogP contribution < -0.4 is 5.32 Å². The van der Waals surface area contributed by atoms with E-state index in [2.05, 4.69) is 15.3 Å². The molecule has 0 saturated heterocycles. The molecular formula is C14H17N3O. The largest absolute Gasteiger partial charge is 0.394 e.